The molecule has 1 fully saturated rings. The minimum atomic E-state index is -0.260. The normalized spacial score (nSPS) is 17.4. The number of anilines is 1. The summed E-state index contributed by atoms with van der Waals surface area (Å²) in [6, 6.07) is 24.4. The molecule has 136 valence electrons. The topological polar surface area (TPSA) is 29.1 Å². The summed E-state index contributed by atoms with van der Waals surface area (Å²) in [4.78, 5) is 13.0. The van der Waals surface area contributed by atoms with Crippen LogP contribution < -0.4 is 5.32 Å². The van der Waals surface area contributed by atoms with Gasteiger partial charge >= 0.3 is 0 Å². The molecule has 1 saturated carbocycles. The minimum absolute atomic E-state index is 0.0402. The first kappa shape index (κ1) is 17.8. The smallest absolute Gasteiger partial charge is 0.228 e. The molecule has 4 rings (SSSR count). The molecule has 3 heteroatoms. The van der Waals surface area contributed by atoms with Crippen LogP contribution in [0, 0.1) is 19.8 Å². The molecular weight excluding hydrogens is 354 g/mol. The van der Waals surface area contributed by atoms with Gasteiger partial charge < -0.3 is 5.32 Å². The number of hydrogen-bond acceptors (Lipinski definition) is 1. The highest BCUT2D eigenvalue weighted by Crippen LogP contribution is 2.59. The first-order chi connectivity index (χ1) is 13.0. The second-order valence-electron chi connectivity index (χ2n) is 7.46. The standard InChI is InChI=1S/C24H22ClNO/c1-16-6-10-18(11-7-16)24(19-12-8-17(2)9-13-19)15-22(24)23(27)26-21-5-3-4-20(25)14-21/h3-14,22H,15H2,1-2H3,(H,26,27)/t22-/m1/s1. The van der Waals surface area contributed by atoms with Crippen molar-refractivity contribution < 1.29 is 4.79 Å². The van der Waals surface area contributed by atoms with Crippen LogP contribution in [0.15, 0.2) is 72.8 Å². The maximum Gasteiger partial charge on any atom is 0.228 e. The van der Waals surface area contributed by atoms with Gasteiger partial charge in [-0.2, -0.15) is 0 Å². The fourth-order valence-corrected chi connectivity index (χ4v) is 4.07. The molecule has 3 aromatic carbocycles. The van der Waals surface area contributed by atoms with E-state index in [2.05, 4.69) is 67.7 Å². The van der Waals surface area contributed by atoms with Crippen molar-refractivity contribution in [3.8, 4) is 0 Å². The van der Waals surface area contributed by atoms with Crippen LogP contribution in [0.2, 0.25) is 5.02 Å². The Balaban J connectivity index is 1.67. The average molecular weight is 376 g/mol. The molecule has 0 heterocycles. The summed E-state index contributed by atoms with van der Waals surface area (Å²) in [6.07, 6.45) is 0.811. The third-order valence-corrected chi connectivity index (χ3v) is 5.74. The third-order valence-electron chi connectivity index (χ3n) is 5.50. The Labute approximate surface area is 165 Å². The zero-order valence-electron chi connectivity index (χ0n) is 15.5. The van der Waals surface area contributed by atoms with E-state index in [0.29, 0.717) is 5.02 Å². The first-order valence-electron chi connectivity index (χ1n) is 9.20. The van der Waals surface area contributed by atoms with Crippen molar-refractivity contribution in [1.29, 1.82) is 0 Å². The second kappa shape index (κ2) is 6.86. The summed E-state index contributed by atoms with van der Waals surface area (Å²) in [5.74, 6) is -0.0553. The first-order valence-corrected chi connectivity index (χ1v) is 9.57. The number of carbonyl (C=O) groups is 1. The lowest BCUT2D eigenvalue weighted by Gasteiger charge is -2.19. The van der Waals surface area contributed by atoms with Gasteiger partial charge in [0.2, 0.25) is 5.91 Å². The van der Waals surface area contributed by atoms with Crippen LogP contribution in [0.3, 0.4) is 0 Å². The molecule has 1 aliphatic carbocycles. The van der Waals surface area contributed by atoms with Crippen molar-refractivity contribution in [3.63, 3.8) is 0 Å². The van der Waals surface area contributed by atoms with Crippen molar-refractivity contribution in [2.24, 2.45) is 5.92 Å². The number of halogens is 1. The average Bonchev–Trinajstić information content (AvgIpc) is 3.40. The Hall–Kier alpha value is -2.58. The lowest BCUT2D eigenvalue weighted by Crippen LogP contribution is -2.22. The number of rotatable bonds is 4. The van der Waals surface area contributed by atoms with Gasteiger partial charge in [-0.25, -0.2) is 0 Å². The molecule has 2 nitrogen and oxygen atoms in total. The van der Waals surface area contributed by atoms with Crippen molar-refractivity contribution in [3.05, 3.63) is 100 Å². The number of benzene rings is 3. The van der Waals surface area contributed by atoms with Gasteiger partial charge in [-0.15, -0.1) is 0 Å². The zero-order valence-corrected chi connectivity index (χ0v) is 16.3. The highest BCUT2D eigenvalue weighted by Gasteiger charge is 2.60. The van der Waals surface area contributed by atoms with Crippen LogP contribution in [0.1, 0.15) is 28.7 Å². The van der Waals surface area contributed by atoms with Crippen molar-refractivity contribution in [1.82, 2.24) is 0 Å². The SMILES string of the molecule is Cc1ccc(C2(c3ccc(C)cc3)C[C@@H]2C(=O)Nc2cccc(Cl)c2)cc1. The summed E-state index contributed by atoms with van der Waals surface area (Å²) < 4.78 is 0. The number of amides is 1. The van der Waals surface area contributed by atoms with Gasteiger partial charge in [-0.1, -0.05) is 77.3 Å². The van der Waals surface area contributed by atoms with Gasteiger partial charge in [0.25, 0.3) is 0 Å². The van der Waals surface area contributed by atoms with Crippen LogP contribution in [0.5, 0.6) is 0 Å². The van der Waals surface area contributed by atoms with E-state index in [1.807, 2.05) is 12.1 Å². The van der Waals surface area contributed by atoms with Crippen molar-refractivity contribution in [2.75, 3.05) is 5.32 Å². The highest BCUT2D eigenvalue weighted by atomic mass is 35.5. The van der Waals surface area contributed by atoms with Crippen LogP contribution in [-0.4, -0.2) is 5.91 Å². The number of carbonyl (C=O) groups excluding carboxylic acids is 1. The molecule has 0 unspecified atom stereocenters. The molecule has 1 amide bonds. The van der Waals surface area contributed by atoms with Crippen molar-refractivity contribution in [2.45, 2.75) is 25.7 Å². The quantitative estimate of drug-likeness (QED) is 0.604. The summed E-state index contributed by atoms with van der Waals surface area (Å²) in [7, 11) is 0. The van der Waals surface area contributed by atoms with Gasteiger partial charge in [0.05, 0.1) is 5.92 Å². The molecule has 1 N–H and O–H groups in total. The predicted octanol–water partition coefficient (Wildman–Crippen LogP) is 5.90. The van der Waals surface area contributed by atoms with Crippen molar-refractivity contribution >= 4 is 23.2 Å². The summed E-state index contributed by atoms with van der Waals surface area (Å²) in [6.45, 7) is 4.16. The predicted molar refractivity (Wildman–Crippen MR) is 111 cm³/mol. The lowest BCUT2D eigenvalue weighted by atomic mass is 9.85. The van der Waals surface area contributed by atoms with Gasteiger partial charge in [0.1, 0.15) is 0 Å². The number of nitrogens with one attached hydrogen (secondary N) is 1. The molecule has 27 heavy (non-hydrogen) atoms. The Bertz CT molecular complexity index is 931. The summed E-state index contributed by atoms with van der Waals surface area (Å²) in [5, 5.41) is 3.66. The van der Waals surface area contributed by atoms with Gasteiger partial charge in [-0.05, 0) is 49.6 Å². The lowest BCUT2D eigenvalue weighted by molar-refractivity contribution is -0.117. The maximum atomic E-state index is 13.0. The zero-order chi connectivity index (χ0) is 19.0. The summed E-state index contributed by atoms with van der Waals surface area (Å²) in [5.41, 5.74) is 5.31. The van der Waals surface area contributed by atoms with E-state index in [4.69, 9.17) is 11.6 Å². The molecule has 0 radical (unpaired) electrons. The van der Waals surface area contributed by atoms with Crippen LogP contribution >= 0.6 is 11.6 Å². The van der Waals surface area contributed by atoms with Crippen LogP contribution in [-0.2, 0) is 10.2 Å². The molecular formula is C24H22ClNO. The maximum absolute atomic E-state index is 13.0. The van der Waals surface area contributed by atoms with E-state index in [1.54, 1.807) is 12.1 Å². The van der Waals surface area contributed by atoms with Crippen LogP contribution in [0.25, 0.3) is 0 Å². The second-order valence-corrected chi connectivity index (χ2v) is 7.90. The fourth-order valence-electron chi connectivity index (χ4n) is 3.88. The van der Waals surface area contributed by atoms with E-state index in [-0.39, 0.29) is 17.2 Å². The molecule has 0 bridgehead atoms. The molecule has 0 spiro atoms. The third kappa shape index (κ3) is 3.38. The molecule has 0 saturated heterocycles. The van der Waals surface area contributed by atoms with Crippen LogP contribution in [0.4, 0.5) is 5.69 Å². The molecule has 1 aliphatic rings. The largest absolute Gasteiger partial charge is 0.326 e. The Kier molecular flexibility index (Phi) is 4.53. The molecule has 0 aliphatic heterocycles. The molecule has 0 aromatic heterocycles. The van der Waals surface area contributed by atoms with Gasteiger partial charge in [-0.3, -0.25) is 4.79 Å². The van der Waals surface area contributed by atoms with E-state index >= 15 is 0 Å². The Morgan fingerprint density at radius 2 is 1.48 bits per heavy atom. The van der Waals surface area contributed by atoms with E-state index in [0.717, 1.165) is 12.1 Å². The number of aryl methyl sites for hydroxylation is 2. The van der Waals surface area contributed by atoms with E-state index < -0.39 is 0 Å². The Morgan fingerprint density at radius 1 is 0.926 bits per heavy atom. The van der Waals surface area contributed by atoms with E-state index in [9.17, 15) is 4.79 Å². The fraction of sp³-hybridized carbons (Fsp3) is 0.208. The highest BCUT2D eigenvalue weighted by molar-refractivity contribution is 6.30. The Morgan fingerprint density at radius 3 is 2.00 bits per heavy atom. The summed E-state index contributed by atoms with van der Waals surface area (Å²) >= 11 is 6.05. The van der Waals surface area contributed by atoms with Gasteiger partial charge in [0, 0.05) is 16.1 Å². The number of hydrogen-bond donors (Lipinski definition) is 1. The molecule has 1 atom stereocenters. The molecule has 3 aromatic rings. The van der Waals surface area contributed by atoms with E-state index in [1.165, 1.54) is 22.3 Å². The monoisotopic (exact) mass is 375 g/mol. The van der Waals surface area contributed by atoms with Gasteiger partial charge in [0.15, 0.2) is 0 Å². The minimum Gasteiger partial charge on any atom is -0.326 e.